The molecule has 0 radical (unpaired) electrons. The summed E-state index contributed by atoms with van der Waals surface area (Å²) in [7, 11) is -3.20. The van der Waals surface area contributed by atoms with Crippen molar-refractivity contribution in [2.75, 3.05) is 25.9 Å². The molecule has 6 nitrogen and oxygen atoms in total. The van der Waals surface area contributed by atoms with Crippen LogP contribution in [0.5, 0.6) is 0 Å². The molecule has 3 aromatic rings. The molecule has 1 aromatic heterocycles. The van der Waals surface area contributed by atoms with Gasteiger partial charge in [0.15, 0.2) is 9.84 Å². The maximum absolute atomic E-state index is 12.8. The molecule has 168 valence electrons. The monoisotopic (exact) mass is 469 g/mol. The summed E-state index contributed by atoms with van der Waals surface area (Å²) >= 11 is 1.67. The Balaban J connectivity index is 1.18. The van der Waals surface area contributed by atoms with Crippen LogP contribution in [0, 0.1) is 5.41 Å². The fourth-order valence-corrected chi connectivity index (χ4v) is 6.26. The number of aromatic nitrogens is 1. The average Bonchev–Trinajstić information content (AvgIpc) is 3.34. The Morgan fingerprint density at radius 1 is 1.03 bits per heavy atom. The summed E-state index contributed by atoms with van der Waals surface area (Å²) in [4.78, 5) is 21.9. The van der Waals surface area contributed by atoms with Crippen LogP contribution in [-0.4, -0.2) is 55.0 Å². The first-order valence-electron chi connectivity index (χ1n) is 10.9. The summed E-state index contributed by atoms with van der Waals surface area (Å²) in [5.74, 6) is 0.208. The number of thiazole rings is 1. The van der Waals surface area contributed by atoms with Crippen LogP contribution in [0.25, 0.3) is 10.2 Å². The number of likely N-dealkylation sites (tertiary alicyclic amines) is 2. The molecule has 1 spiro atoms. The Bertz CT molecular complexity index is 1240. The van der Waals surface area contributed by atoms with Crippen molar-refractivity contribution < 1.29 is 13.2 Å². The molecular formula is C24H27N3O3S2. The minimum Gasteiger partial charge on any atom is -0.338 e. The van der Waals surface area contributed by atoms with Crippen LogP contribution in [-0.2, 0) is 27.7 Å². The molecule has 32 heavy (non-hydrogen) atoms. The van der Waals surface area contributed by atoms with Crippen molar-refractivity contribution in [2.24, 2.45) is 5.41 Å². The van der Waals surface area contributed by atoms with E-state index >= 15 is 0 Å². The largest absolute Gasteiger partial charge is 0.338 e. The third-order valence-electron chi connectivity index (χ3n) is 6.85. The molecule has 0 bridgehead atoms. The van der Waals surface area contributed by atoms with E-state index < -0.39 is 9.84 Å². The molecule has 0 saturated carbocycles. The molecule has 2 aliphatic heterocycles. The van der Waals surface area contributed by atoms with Crippen LogP contribution in [0.4, 0.5) is 0 Å². The van der Waals surface area contributed by atoms with Gasteiger partial charge in [-0.2, -0.15) is 0 Å². The summed E-state index contributed by atoms with van der Waals surface area (Å²) in [6.45, 7) is 4.26. The van der Waals surface area contributed by atoms with Gasteiger partial charge in [0.2, 0.25) is 5.91 Å². The number of piperidine rings is 1. The Kier molecular flexibility index (Phi) is 5.55. The molecular weight excluding hydrogens is 442 g/mol. The first kappa shape index (κ1) is 21.6. The van der Waals surface area contributed by atoms with E-state index in [1.807, 2.05) is 22.5 Å². The number of amides is 1. The van der Waals surface area contributed by atoms with Crippen LogP contribution < -0.4 is 0 Å². The zero-order chi connectivity index (χ0) is 22.3. The van der Waals surface area contributed by atoms with Crippen molar-refractivity contribution in [3.05, 3.63) is 59.1 Å². The van der Waals surface area contributed by atoms with Gasteiger partial charge in [0.25, 0.3) is 0 Å². The molecule has 2 aliphatic rings. The number of carbonyl (C=O) groups is 1. The smallest absolute Gasteiger partial charge is 0.223 e. The molecule has 0 unspecified atom stereocenters. The van der Waals surface area contributed by atoms with E-state index in [9.17, 15) is 13.2 Å². The summed E-state index contributed by atoms with van der Waals surface area (Å²) < 4.78 is 24.5. The number of hydrogen-bond acceptors (Lipinski definition) is 6. The van der Waals surface area contributed by atoms with E-state index in [1.54, 1.807) is 23.5 Å². The van der Waals surface area contributed by atoms with Crippen molar-refractivity contribution in [3.63, 3.8) is 0 Å². The van der Waals surface area contributed by atoms with Crippen molar-refractivity contribution in [1.82, 2.24) is 14.8 Å². The van der Waals surface area contributed by atoms with Crippen molar-refractivity contribution >= 4 is 37.3 Å². The lowest BCUT2D eigenvalue weighted by molar-refractivity contribution is -0.128. The van der Waals surface area contributed by atoms with Crippen LogP contribution in [0.2, 0.25) is 0 Å². The second-order valence-corrected chi connectivity index (χ2v) is 12.2. The van der Waals surface area contributed by atoms with E-state index in [0.717, 1.165) is 50.1 Å². The maximum Gasteiger partial charge on any atom is 0.223 e. The van der Waals surface area contributed by atoms with Gasteiger partial charge in [-0.3, -0.25) is 9.69 Å². The second-order valence-electron chi connectivity index (χ2n) is 9.27. The highest BCUT2D eigenvalue weighted by molar-refractivity contribution is 7.90. The van der Waals surface area contributed by atoms with Gasteiger partial charge >= 0.3 is 0 Å². The Labute approximate surface area is 192 Å². The second kappa shape index (κ2) is 8.24. The number of sulfone groups is 1. The lowest BCUT2D eigenvalue weighted by Crippen LogP contribution is -2.41. The first-order chi connectivity index (χ1) is 15.3. The zero-order valence-electron chi connectivity index (χ0n) is 18.2. The van der Waals surface area contributed by atoms with E-state index in [4.69, 9.17) is 0 Å². The highest BCUT2D eigenvalue weighted by atomic mass is 32.2. The number of nitrogens with zero attached hydrogens (tertiary/aromatic N) is 3. The van der Waals surface area contributed by atoms with E-state index in [2.05, 4.69) is 28.1 Å². The summed E-state index contributed by atoms with van der Waals surface area (Å²) in [5, 5.41) is 0. The third-order valence-corrected chi connectivity index (χ3v) is 8.79. The predicted molar refractivity (Wildman–Crippen MR) is 126 cm³/mol. The quantitative estimate of drug-likeness (QED) is 0.570. The van der Waals surface area contributed by atoms with Crippen LogP contribution >= 0.6 is 11.3 Å². The molecule has 0 atom stereocenters. The number of carbonyl (C=O) groups excluding carboxylic acids is 1. The normalized spacial score (nSPS) is 19.3. The maximum atomic E-state index is 12.8. The van der Waals surface area contributed by atoms with Gasteiger partial charge in [0.1, 0.15) is 0 Å². The summed E-state index contributed by atoms with van der Waals surface area (Å²) in [6, 6.07) is 13.4. The third kappa shape index (κ3) is 4.44. The van der Waals surface area contributed by atoms with E-state index in [0.29, 0.717) is 17.9 Å². The number of benzene rings is 2. The highest BCUT2D eigenvalue weighted by Crippen LogP contribution is 2.41. The van der Waals surface area contributed by atoms with Crippen molar-refractivity contribution in [2.45, 2.75) is 37.2 Å². The molecule has 0 aliphatic carbocycles. The van der Waals surface area contributed by atoms with Gasteiger partial charge in [-0.25, -0.2) is 13.4 Å². The van der Waals surface area contributed by atoms with Gasteiger partial charge in [0.05, 0.1) is 20.6 Å². The molecule has 1 amide bonds. The number of fused-ring (bicyclic) bond motifs is 1. The van der Waals surface area contributed by atoms with Crippen LogP contribution in [0.1, 0.15) is 30.4 Å². The topological polar surface area (TPSA) is 70.6 Å². The van der Waals surface area contributed by atoms with Gasteiger partial charge < -0.3 is 4.90 Å². The minimum atomic E-state index is -3.20. The standard InChI is InChI=1S/C24H27N3O3S2/c1-32(29,30)20-5-2-18(3-6-20)15-27-16-24(13-23(27)28)8-10-26(11-9-24)14-19-4-7-22-21(12-19)25-17-31-22/h2-7,12,17H,8-11,13-16H2,1H3. The van der Waals surface area contributed by atoms with Gasteiger partial charge in [-0.1, -0.05) is 18.2 Å². The fraction of sp³-hybridized carbons (Fsp3) is 0.417. The van der Waals surface area contributed by atoms with Crippen molar-refractivity contribution in [1.29, 1.82) is 0 Å². The molecule has 2 fully saturated rings. The summed E-state index contributed by atoms with van der Waals surface area (Å²) in [5.41, 5.74) is 5.29. The first-order valence-corrected chi connectivity index (χ1v) is 13.7. The lowest BCUT2D eigenvalue weighted by atomic mass is 9.77. The fourth-order valence-electron chi connectivity index (χ4n) is 4.97. The van der Waals surface area contributed by atoms with E-state index in [-0.39, 0.29) is 11.3 Å². The van der Waals surface area contributed by atoms with Gasteiger partial charge in [0, 0.05) is 32.3 Å². The van der Waals surface area contributed by atoms with Crippen LogP contribution in [0.15, 0.2) is 52.9 Å². The van der Waals surface area contributed by atoms with Crippen LogP contribution in [0.3, 0.4) is 0 Å². The molecule has 8 heteroatoms. The molecule has 2 aromatic carbocycles. The van der Waals surface area contributed by atoms with Gasteiger partial charge in [-0.05, 0) is 66.7 Å². The number of rotatable bonds is 5. The molecule has 0 N–H and O–H groups in total. The Morgan fingerprint density at radius 3 is 2.47 bits per heavy atom. The Morgan fingerprint density at radius 2 is 1.75 bits per heavy atom. The molecule has 2 saturated heterocycles. The lowest BCUT2D eigenvalue weighted by Gasteiger charge is -2.38. The van der Waals surface area contributed by atoms with Crippen molar-refractivity contribution in [3.8, 4) is 0 Å². The minimum absolute atomic E-state index is 0.0686. The molecule has 3 heterocycles. The SMILES string of the molecule is CS(=O)(=O)c1ccc(CN2CC3(CCN(Cc4ccc5scnc5c4)CC3)CC2=O)cc1. The number of hydrogen-bond donors (Lipinski definition) is 0. The molecule has 5 rings (SSSR count). The van der Waals surface area contributed by atoms with Gasteiger partial charge in [-0.15, -0.1) is 11.3 Å². The zero-order valence-corrected chi connectivity index (χ0v) is 19.8. The highest BCUT2D eigenvalue weighted by Gasteiger charge is 2.44. The average molecular weight is 470 g/mol. The Hall–Kier alpha value is -2.29. The van der Waals surface area contributed by atoms with E-state index in [1.165, 1.54) is 16.5 Å². The predicted octanol–water partition coefficient (Wildman–Crippen LogP) is 3.71. The summed E-state index contributed by atoms with van der Waals surface area (Å²) in [6.07, 6.45) is 3.88.